The number of rotatable bonds is 10. The van der Waals surface area contributed by atoms with Gasteiger partial charge in [-0.2, -0.15) is 0 Å². The summed E-state index contributed by atoms with van der Waals surface area (Å²) >= 11 is 0. The largest absolute Gasteiger partial charge is 0.393 e. The monoisotopic (exact) mass is 216 g/mol. The third-order valence-corrected chi connectivity index (χ3v) is 2.44. The Morgan fingerprint density at radius 1 is 1.13 bits per heavy atom. The van der Waals surface area contributed by atoms with Crippen molar-refractivity contribution in [2.45, 2.75) is 50.9 Å². The lowest BCUT2D eigenvalue weighted by Gasteiger charge is -2.13. The summed E-state index contributed by atoms with van der Waals surface area (Å²) in [6, 6.07) is 0. The summed E-state index contributed by atoms with van der Waals surface area (Å²) < 4.78 is 10.2. The fraction of sp³-hybridized carbons (Fsp3) is 0.833. The summed E-state index contributed by atoms with van der Waals surface area (Å²) in [7, 11) is 3.31. The van der Waals surface area contributed by atoms with E-state index in [9.17, 15) is 5.11 Å². The van der Waals surface area contributed by atoms with Gasteiger partial charge in [0.15, 0.2) is 6.29 Å². The van der Waals surface area contributed by atoms with Crippen LogP contribution in [0.5, 0.6) is 0 Å². The van der Waals surface area contributed by atoms with Crippen LogP contribution >= 0.6 is 0 Å². The van der Waals surface area contributed by atoms with Crippen LogP contribution in [-0.2, 0) is 9.47 Å². The maximum absolute atomic E-state index is 9.43. The third kappa shape index (κ3) is 8.60. The summed E-state index contributed by atoms with van der Waals surface area (Å²) in [5, 5.41) is 9.43. The van der Waals surface area contributed by atoms with Gasteiger partial charge in [-0.15, -0.1) is 6.58 Å². The molecule has 0 aliphatic carbocycles. The number of unbranched alkanes of at least 4 members (excludes halogenated alkanes) is 2. The molecular weight excluding hydrogens is 192 g/mol. The maximum atomic E-state index is 9.43. The zero-order chi connectivity index (χ0) is 11.5. The van der Waals surface area contributed by atoms with E-state index in [1.54, 1.807) is 20.3 Å². The Bertz CT molecular complexity index is 144. The van der Waals surface area contributed by atoms with Crippen molar-refractivity contribution in [2.75, 3.05) is 14.2 Å². The highest BCUT2D eigenvalue weighted by Crippen LogP contribution is 2.10. The van der Waals surface area contributed by atoms with E-state index in [0.717, 1.165) is 32.1 Å². The molecule has 0 aliphatic rings. The smallest absolute Gasteiger partial charge is 0.156 e. The Balaban J connectivity index is 3.27. The van der Waals surface area contributed by atoms with Gasteiger partial charge in [0.25, 0.3) is 0 Å². The number of methoxy groups -OCH3 is 2. The predicted molar refractivity (Wildman–Crippen MR) is 61.7 cm³/mol. The van der Waals surface area contributed by atoms with E-state index in [4.69, 9.17) is 9.47 Å². The molecule has 0 heterocycles. The molecule has 0 aliphatic heterocycles. The second kappa shape index (κ2) is 10.1. The molecule has 1 N–H and O–H groups in total. The van der Waals surface area contributed by atoms with Crippen molar-refractivity contribution in [3.05, 3.63) is 12.7 Å². The van der Waals surface area contributed by atoms with Gasteiger partial charge in [0.05, 0.1) is 6.10 Å². The van der Waals surface area contributed by atoms with E-state index in [-0.39, 0.29) is 12.4 Å². The molecule has 0 aromatic heterocycles. The molecule has 0 radical (unpaired) electrons. The summed E-state index contributed by atoms with van der Waals surface area (Å²) in [6.07, 6.45) is 7.17. The van der Waals surface area contributed by atoms with Crippen LogP contribution in [0.1, 0.15) is 38.5 Å². The molecule has 3 heteroatoms. The van der Waals surface area contributed by atoms with Crippen LogP contribution in [0.4, 0.5) is 0 Å². The van der Waals surface area contributed by atoms with Crippen LogP contribution in [0.2, 0.25) is 0 Å². The van der Waals surface area contributed by atoms with E-state index < -0.39 is 0 Å². The van der Waals surface area contributed by atoms with E-state index in [2.05, 4.69) is 6.58 Å². The lowest BCUT2D eigenvalue weighted by molar-refractivity contribution is -0.107. The highest BCUT2D eigenvalue weighted by atomic mass is 16.7. The highest BCUT2D eigenvalue weighted by molar-refractivity contribution is 4.71. The lowest BCUT2D eigenvalue weighted by atomic mass is 10.1. The summed E-state index contributed by atoms with van der Waals surface area (Å²) in [6.45, 7) is 3.60. The molecule has 15 heavy (non-hydrogen) atoms. The van der Waals surface area contributed by atoms with Gasteiger partial charge in [0.1, 0.15) is 0 Å². The van der Waals surface area contributed by atoms with E-state index in [1.807, 2.05) is 0 Å². The molecule has 0 rings (SSSR count). The first kappa shape index (κ1) is 14.6. The first-order valence-corrected chi connectivity index (χ1v) is 5.59. The maximum Gasteiger partial charge on any atom is 0.156 e. The molecule has 1 atom stereocenters. The molecule has 3 nitrogen and oxygen atoms in total. The van der Waals surface area contributed by atoms with Crippen molar-refractivity contribution in [1.82, 2.24) is 0 Å². The Labute approximate surface area is 93.1 Å². The quantitative estimate of drug-likeness (QED) is 0.346. The molecule has 90 valence electrons. The normalized spacial score (nSPS) is 13.1. The van der Waals surface area contributed by atoms with Crippen molar-refractivity contribution in [2.24, 2.45) is 0 Å². The highest BCUT2D eigenvalue weighted by Gasteiger charge is 2.05. The van der Waals surface area contributed by atoms with Gasteiger partial charge in [-0.05, 0) is 25.7 Å². The minimum absolute atomic E-state index is 0.0805. The summed E-state index contributed by atoms with van der Waals surface area (Å²) in [5.74, 6) is 0. The average molecular weight is 216 g/mol. The SMILES string of the molecule is C=CC[C@@H](O)CCCCCC(OC)OC. The van der Waals surface area contributed by atoms with Gasteiger partial charge in [0, 0.05) is 14.2 Å². The van der Waals surface area contributed by atoms with Crippen LogP contribution in [0, 0.1) is 0 Å². The van der Waals surface area contributed by atoms with Crippen LogP contribution in [-0.4, -0.2) is 31.7 Å². The Hall–Kier alpha value is -0.380. The van der Waals surface area contributed by atoms with Gasteiger partial charge in [-0.25, -0.2) is 0 Å². The van der Waals surface area contributed by atoms with Crippen molar-refractivity contribution in [3.8, 4) is 0 Å². The molecule has 0 spiro atoms. The number of ether oxygens (including phenoxy) is 2. The Kier molecular flexibility index (Phi) is 9.89. The zero-order valence-corrected chi connectivity index (χ0v) is 9.95. The van der Waals surface area contributed by atoms with Crippen molar-refractivity contribution < 1.29 is 14.6 Å². The minimum atomic E-state index is -0.219. The number of hydrogen-bond donors (Lipinski definition) is 1. The van der Waals surface area contributed by atoms with E-state index in [0.29, 0.717) is 6.42 Å². The van der Waals surface area contributed by atoms with Crippen LogP contribution in [0.15, 0.2) is 12.7 Å². The number of aliphatic hydroxyl groups excluding tert-OH is 1. The molecule has 0 fully saturated rings. The predicted octanol–water partition coefficient (Wildman–Crippen LogP) is 2.49. The fourth-order valence-electron chi connectivity index (χ4n) is 1.51. The summed E-state index contributed by atoms with van der Waals surface area (Å²) in [5.41, 5.74) is 0. The second-order valence-electron chi connectivity index (χ2n) is 3.72. The lowest BCUT2D eigenvalue weighted by Crippen LogP contribution is -2.12. The topological polar surface area (TPSA) is 38.7 Å². The Morgan fingerprint density at radius 2 is 1.73 bits per heavy atom. The van der Waals surface area contributed by atoms with Crippen molar-refractivity contribution in [1.29, 1.82) is 0 Å². The van der Waals surface area contributed by atoms with E-state index in [1.165, 1.54) is 0 Å². The van der Waals surface area contributed by atoms with E-state index >= 15 is 0 Å². The van der Waals surface area contributed by atoms with Crippen LogP contribution in [0.3, 0.4) is 0 Å². The minimum Gasteiger partial charge on any atom is -0.393 e. The fourth-order valence-corrected chi connectivity index (χ4v) is 1.51. The third-order valence-electron chi connectivity index (χ3n) is 2.44. The second-order valence-corrected chi connectivity index (χ2v) is 3.72. The summed E-state index contributed by atoms with van der Waals surface area (Å²) in [4.78, 5) is 0. The van der Waals surface area contributed by atoms with Gasteiger partial charge in [-0.1, -0.05) is 18.9 Å². The van der Waals surface area contributed by atoms with Crippen LogP contribution in [0.25, 0.3) is 0 Å². The molecule has 0 aromatic rings. The van der Waals surface area contributed by atoms with Crippen molar-refractivity contribution in [3.63, 3.8) is 0 Å². The Morgan fingerprint density at radius 3 is 2.27 bits per heavy atom. The first-order chi connectivity index (χ1) is 7.24. The van der Waals surface area contributed by atoms with Gasteiger partial charge in [-0.3, -0.25) is 0 Å². The molecule has 0 amide bonds. The number of hydrogen-bond acceptors (Lipinski definition) is 3. The standard InChI is InChI=1S/C12H24O3/c1-4-8-11(13)9-6-5-7-10-12(14-2)15-3/h4,11-13H,1,5-10H2,2-3H3/t11-/m1/s1. The first-order valence-electron chi connectivity index (χ1n) is 5.59. The van der Waals surface area contributed by atoms with Crippen molar-refractivity contribution >= 4 is 0 Å². The molecule has 0 saturated heterocycles. The number of aliphatic hydroxyl groups is 1. The molecular formula is C12H24O3. The zero-order valence-electron chi connectivity index (χ0n) is 9.95. The molecule has 0 bridgehead atoms. The van der Waals surface area contributed by atoms with Gasteiger partial charge >= 0.3 is 0 Å². The van der Waals surface area contributed by atoms with Gasteiger partial charge < -0.3 is 14.6 Å². The molecule has 0 saturated carbocycles. The van der Waals surface area contributed by atoms with Crippen LogP contribution < -0.4 is 0 Å². The molecule has 0 aromatic carbocycles. The molecule has 0 unspecified atom stereocenters. The average Bonchev–Trinajstić information content (AvgIpc) is 2.24. The van der Waals surface area contributed by atoms with Gasteiger partial charge in [0.2, 0.25) is 0 Å².